The lowest BCUT2D eigenvalue weighted by molar-refractivity contribution is 0.301. The van der Waals surface area contributed by atoms with Crippen LogP contribution < -0.4 is 20.5 Å². The molecule has 0 atom stereocenters. The number of aliphatic imine (C=N–C) groups is 1. The second-order valence-corrected chi connectivity index (χ2v) is 7.40. The molecule has 0 amide bonds. The molecule has 2 aromatic carbocycles. The zero-order valence-corrected chi connectivity index (χ0v) is 19.2. The number of pyridine rings is 1. The van der Waals surface area contributed by atoms with E-state index in [9.17, 15) is 5.26 Å². The molecule has 0 fully saturated rings. The normalized spacial score (nSPS) is 11.2. The fourth-order valence-electron chi connectivity index (χ4n) is 3.09. The third-order valence-corrected chi connectivity index (χ3v) is 5.01. The van der Waals surface area contributed by atoms with Crippen molar-refractivity contribution in [2.24, 2.45) is 4.99 Å². The van der Waals surface area contributed by atoms with Crippen molar-refractivity contribution in [3.63, 3.8) is 0 Å². The number of ether oxygens (including phenoxy) is 2. The van der Waals surface area contributed by atoms with Crippen LogP contribution in [0.1, 0.15) is 25.1 Å². The first-order valence-corrected chi connectivity index (χ1v) is 10.6. The Morgan fingerprint density at radius 3 is 2.67 bits per heavy atom. The van der Waals surface area contributed by atoms with Crippen LogP contribution >= 0.6 is 11.6 Å². The van der Waals surface area contributed by atoms with Gasteiger partial charge in [0.2, 0.25) is 0 Å². The first-order chi connectivity index (χ1) is 16.0. The Hall–Kier alpha value is -4.02. The van der Waals surface area contributed by atoms with Crippen molar-refractivity contribution in [1.29, 1.82) is 5.26 Å². The Labute approximate surface area is 198 Å². The van der Waals surface area contributed by atoms with E-state index in [-0.39, 0.29) is 0 Å². The summed E-state index contributed by atoms with van der Waals surface area (Å²) >= 11 is 6.45. The smallest absolute Gasteiger partial charge is 0.144 e. The maximum Gasteiger partial charge on any atom is 0.144 e. The van der Waals surface area contributed by atoms with E-state index in [1.807, 2.05) is 31.2 Å². The lowest BCUT2D eigenvalue weighted by Gasteiger charge is -2.18. The zero-order valence-electron chi connectivity index (χ0n) is 18.4. The third-order valence-electron chi connectivity index (χ3n) is 4.71. The van der Waals surface area contributed by atoms with E-state index in [0.717, 1.165) is 5.69 Å². The number of nitrogens with two attached hydrogens (primary N) is 1. The highest BCUT2D eigenvalue weighted by molar-refractivity contribution is 6.32. The van der Waals surface area contributed by atoms with Crippen molar-refractivity contribution in [2.45, 2.75) is 20.5 Å². The van der Waals surface area contributed by atoms with E-state index in [1.54, 1.807) is 37.4 Å². The summed E-state index contributed by atoms with van der Waals surface area (Å²) in [6, 6.07) is 16.5. The fourth-order valence-corrected chi connectivity index (χ4v) is 3.33. The van der Waals surface area contributed by atoms with Crippen molar-refractivity contribution < 1.29 is 9.47 Å². The van der Waals surface area contributed by atoms with E-state index in [2.05, 4.69) is 28.1 Å². The highest BCUT2D eigenvalue weighted by Gasteiger charge is 2.16. The molecule has 33 heavy (non-hydrogen) atoms. The van der Waals surface area contributed by atoms with Gasteiger partial charge in [-0.3, -0.25) is 9.98 Å². The number of benzene rings is 2. The van der Waals surface area contributed by atoms with Gasteiger partial charge in [-0.15, -0.1) is 0 Å². The molecule has 0 spiro atoms. The molecule has 1 aromatic heterocycles. The standard InChI is InChI=1S/C25H24ClN5O2/c1-4-32-24-13-22(29-3)19(12-21(24)28)25(16(2)14-27)31-17-8-9-23(20(26)11-17)33-15-18-7-5-6-10-30-18/h5-13,31H,3-4,15,28H2,1-2H3/b25-16-. The molecule has 0 radical (unpaired) electrons. The van der Waals surface area contributed by atoms with Gasteiger partial charge in [0.25, 0.3) is 0 Å². The summed E-state index contributed by atoms with van der Waals surface area (Å²) in [4.78, 5) is 8.33. The first-order valence-electron chi connectivity index (χ1n) is 10.2. The van der Waals surface area contributed by atoms with Crippen LogP contribution in [0.4, 0.5) is 17.1 Å². The van der Waals surface area contributed by atoms with E-state index in [1.165, 1.54) is 0 Å². The summed E-state index contributed by atoms with van der Waals surface area (Å²) in [5.74, 6) is 1.03. The van der Waals surface area contributed by atoms with Crippen molar-refractivity contribution in [3.05, 3.63) is 76.6 Å². The summed E-state index contributed by atoms with van der Waals surface area (Å²) < 4.78 is 11.3. The average Bonchev–Trinajstić information content (AvgIpc) is 2.83. The van der Waals surface area contributed by atoms with Gasteiger partial charge in [-0.2, -0.15) is 5.26 Å². The number of nitrogens with zero attached hydrogens (tertiary/aromatic N) is 3. The number of nitrogens with one attached hydrogen (secondary N) is 1. The minimum Gasteiger partial charge on any atom is -0.492 e. The van der Waals surface area contributed by atoms with Gasteiger partial charge in [-0.1, -0.05) is 17.7 Å². The number of hydrogen-bond donors (Lipinski definition) is 2. The van der Waals surface area contributed by atoms with Crippen molar-refractivity contribution >= 4 is 41.1 Å². The second-order valence-electron chi connectivity index (χ2n) is 6.99. The Bertz CT molecular complexity index is 1220. The maximum atomic E-state index is 9.59. The molecule has 3 aromatic rings. The molecule has 0 unspecified atom stereocenters. The second kappa shape index (κ2) is 11.0. The minimum absolute atomic E-state index is 0.297. The van der Waals surface area contributed by atoms with Crippen LogP contribution in [0.2, 0.25) is 5.02 Å². The molecule has 0 aliphatic rings. The number of halogens is 1. The lowest BCUT2D eigenvalue weighted by Crippen LogP contribution is -2.05. The first kappa shape index (κ1) is 23.6. The molecule has 0 saturated carbocycles. The molecule has 1 heterocycles. The molecule has 7 nitrogen and oxygen atoms in total. The number of aromatic nitrogens is 1. The highest BCUT2D eigenvalue weighted by Crippen LogP contribution is 2.37. The van der Waals surface area contributed by atoms with Gasteiger partial charge in [0.1, 0.15) is 18.1 Å². The predicted molar refractivity (Wildman–Crippen MR) is 133 cm³/mol. The molecule has 0 aliphatic heterocycles. The van der Waals surface area contributed by atoms with Crippen molar-refractivity contribution in [1.82, 2.24) is 4.98 Å². The van der Waals surface area contributed by atoms with Crippen LogP contribution in [0.3, 0.4) is 0 Å². The van der Waals surface area contributed by atoms with Crippen LogP contribution in [-0.4, -0.2) is 18.3 Å². The number of nitrogen functional groups attached to an aromatic ring is 1. The average molecular weight is 462 g/mol. The van der Waals surface area contributed by atoms with Gasteiger partial charge in [0.15, 0.2) is 0 Å². The van der Waals surface area contributed by atoms with E-state index >= 15 is 0 Å². The summed E-state index contributed by atoms with van der Waals surface area (Å²) in [6.07, 6.45) is 1.71. The van der Waals surface area contributed by atoms with Crippen LogP contribution in [0.15, 0.2) is 65.3 Å². The lowest BCUT2D eigenvalue weighted by atomic mass is 10.0. The van der Waals surface area contributed by atoms with E-state index < -0.39 is 0 Å². The Balaban J connectivity index is 1.89. The summed E-state index contributed by atoms with van der Waals surface area (Å²) in [5, 5.41) is 13.3. The third kappa shape index (κ3) is 5.82. The SMILES string of the molecule is C=Nc1cc(OCC)c(N)cc1/C(Nc1ccc(OCc2ccccn2)c(Cl)c1)=C(\C)C#N. The molecule has 3 rings (SSSR count). The van der Waals surface area contributed by atoms with Crippen LogP contribution in [0.5, 0.6) is 11.5 Å². The van der Waals surface area contributed by atoms with Gasteiger partial charge in [0, 0.05) is 23.5 Å². The molecule has 8 heteroatoms. The summed E-state index contributed by atoms with van der Waals surface area (Å²) in [5.41, 5.74) is 10.2. The molecule has 3 N–H and O–H groups in total. The quantitative estimate of drug-likeness (QED) is 0.230. The fraction of sp³-hybridized carbons (Fsp3) is 0.160. The van der Waals surface area contributed by atoms with E-state index in [4.69, 9.17) is 26.8 Å². The largest absolute Gasteiger partial charge is 0.492 e. The Kier molecular flexibility index (Phi) is 7.90. The monoisotopic (exact) mass is 461 g/mol. The highest BCUT2D eigenvalue weighted by atomic mass is 35.5. The van der Waals surface area contributed by atoms with Gasteiger partial charge in [0.05, 0.1) is 46.0 Å². The van der Waals surface area contributed by atoms with E-state index in [0.29, 0.717) is 63.6 Å². The molecule has 0 bridgehead atoms. The predicted octanol–water partition coefficient (Wildman–Crippen LogP) is 5.99. The Morgan fingerprint density at radius 2 is 2.03 bits per heavy atom. The zero-order chi connectivity index (χ0) is 23.8. The molecular weight excluding hydrogens is 438 g/mol. The van der Waals surface area contributed by atoms with Gasteiger partial charge in [-0.25, -0.2) is 0 Å². The number of anilines is 2. The maximum absolute atomic E-state index is 9.59. The van der Waals surface area contributed by atoms with Gasteiger partial charge < -0.3 is 20.5 Å². The number of allylic oxidation sites excluding steroid dienone is 1. The minimum atomic E-state index is 0.297. The summed E-state index contributed by atoms with van der Waals surface area (Å²) in [7, 11) is 0. The molecule has 0 saturated heterocycles. The molecule has 0 aliphatic carbocycles. The van der Waals surface area contributed by atoms with Crippen molar-refractivity contribution in [2.75, 3.05) is 17.7 Å². The van der Waals surface area contributed by atoms with Gasteiger partial charge >= 0.3 is 0 Å². The number of nitriles is 1. The van der Waals surface area contributed by atoms with Gasteiger partial charge in [-0.05, 0) is 57.0 Å². The van der Waals surface area contributed by atoms with Crippen LogP contribution in [-0.2, 0) is 6.61 Å². The Morgan fingerprint density at radius 1 is 1.21 bits per heavy atom. The number of rotatable bonds is 9. The van der Waals surface area contributed by atoms with Crippen LogP contribution in [0.25, 0.3) is 5.70 Å². The molecular formula is C25H24ClN5O2. The number of hydrogen-bond acceptors (Lipinski definition) is 7. The topological polar surface area (TPSA) is 106 Å². The molecule has 168 valence electrons. The van der Waals surface area contributed by atoms with Crippen LogP contribution in [0, 0.1) is 11.3 Å². The summed E-state index contributed by atoms with van der Waals surface area (Å²) in [6.45, 7) is 7.98. The van der Waals surface area contributed by atoms with Crippen molar-refractivity contribution in [3.8, 4) is 17.6 Å².